The van der Waals surface area contributed by atoms with Gasteiger partial charge in [-0.05, 0) is 28.1 Å². The van der Waals surface area contributed by atoms with Crippen LogP contribution in [-0.2, 0) is 10.5 Å². The van der Waals surface area contributed by atoms with Gasteiger partial charge in [-0.15, -0.1) is 0 Å². The normalized spacial score (nSPS) is 11.7. The Hall–Kier alpha value is -0.570. The van der Waals surface area contributed by atoms with Crippen LogP contribution in [0.1, 0.15) is 26.5 Å². The lowest BCUT2D eigenvalue weighted by molar-refractivity contribution is 0.348. The highest BCUT2D eigenvalue weighted by atomic mass is 79.9. The van der Waals surface area contributed by atoms with Crippen molar-refractivity contribution < 1.29 is 5.11 Å². The number of aromatic nitrogens is 1. The Kier molecular flexibility index (Phi) is 2.42. The van der Waals surface area contributed by atoms with Gasteiger partial charge in [0.15, 0.2) is 4.60 Å². The summed E-state index contributed by atoms with van der Waals surface area (Å²) < 4.78 is 0.398. The van der Waals surface area contributed by atoms with Crippen LogP contribution in [0.25, 0.3) is 0 Å². The molecule has 0 aliphatic rings. The smallest absolute Gasteiger partial charge is 0.211 e. The summed E-state index contributed by atoms with van der Waals surface area (Å²) in [5.74, 6) is -0.0667. The van der Waals surface area contributed by atoms with Crippen LogP contribution in [0.3, 0.4) is 0 Å². The summed E-state index contributed by atoms with van der Waals surface area (Å²) in [4.78, 5) is 4.15. The molecule has 0 N–H and O–H groups in total. The van der Waals surface area contributed by atoms with Gasteiger partial charge >= 0.3 is 0 Å². The Morgan fingerprint density at radius 3 is 2.33 bits per heavy atom. The van der Waals surface area contributed by atoms with Crippen molar-refractivity contribution in [3.05, 3.63) is 22.4 Å². The SMILES string of the molecule is CC(C)(C)c1ccc([O])c(Br)n1. The average molecular weight is 229 g/mol. The number of nitrogens with zero attached hydrogens (tertiary/aromatic N) is 1. The molecule has 0 amide bonds. The number of pyridine rings is 1. The molecule has 0 aliphatic heterocycles. The quantitative estimate of drug-likeness (QED) is 0.628. The molecule has 1 aromatic rings. The third kappa shape index (κ3) is 1.97. The van der Waals surface area contributed by atoms with E-state index in [1.165, 1.54) is 6.07 Å². The van der Waals surface area contributed by atoms with Crippen LogP contribution in [0.5, 0.6) is 5.75 Å². The van der Waals surface area contributed by atoms with E-state index in [4.69, 9.17) is 0 Å². The van der Waals surface area contributed by atoms with Gasteiger partial charge in [0.2, 0.25) is 5.75 Å². The predicted molar refractivity (Wildman–Crippen MR) is 50.8 cm³/mol. The van der Waals surface area contributed by atoms with E-state index >= 15 is 0 Å². The fraction of sp³-hybridized carbons (Fsp3) is 0.444. The summed E-state index contributed by atoms with van der Waals surface area (Å²) in [6.45, 7) is 6.19. The number of halogens is 1. The first-order valence-electron chi connectivity index (χ1n) is 3.75. The van der Waals surface area contributed by atoms with E-state index in [0.717, 1.165) is 5.69 Å². The molecule has 0 saturated carbocycles. The van der Waals surface area contributed by atoms with Crippen LogP contribution in [0, 0.1) is 0 Å². The second-order valence-corrected chi connectivity index (χ2v) is 4.49. The topological polar surface area (TPSA) is 32.8 Å². The predicted octanol–water partition coefficient (Wildman–Crippen LogP) is 3.29. The Labute approximate surface area is 80.8 Å². The fourth-order valence-corrected chi connectivity index (χ4v) is 1.16. The molecule has 0 aliphatic carbocycles. The molecule has 0 unspecified atom stereocenters. The van der Waals surface area contributed by atoms with Gasteiger partial charge in [-0.25, -0.2) is 4.98 Å². The Bertz CT molecular complexity index is 291. The molecule has 65 valence electrons. The van der Waals surface area contributed by atoms with E-state index in [1.807, 2.05) is 0 Å². The average Bonchev–Trinajstić information content (AvgIpc) is 1.92. The minimum Gasteiger partial charge on any atom is -0.287 e. The monoisotopic (exact) mass is 228 g/mol. The summed E-state index contributed by atoms with van der Waals surface area (Å²) in [5.41, 5.74) is 0.921. The lowest BCUT2D eigenvalue weighted by Crippen LogP contribution is -2.13. The largest absolute Gasteiger partial charge is 0.287 e. The van der Waals surface area contributed by atoms with Crippen LogP contribution >= 0.6 is 15.9 Å². The molecule has 0 fully saturated rings. The maximum Gasteiger partial charge on any atom is 0.211 e. The van der Waals surface area contributed by atoms with Crippen molar-refractivity contribution in [1.29, 1.82) is 0 Å². The molecule has 12 heavy (non-hydrogen) atoms. The Morgan fingerprint density at radius 2 is 1.92 bits per heavy atom. The third-order valence-electron chi connectivity index (χ3n) is 1.58. The van der Waals surface area contributed by atoms with Gasteiger partial charge in [0.05, 0.1) is 0 Å². The zero-order valence-electron chi connectivity index (χ0n) is 7.39. The summed E-state index contributed by atoms with van der Waals surface area (Å²) >= 11 is 3.11. The second-order valence-electron chi connectivity index (χ2n) is 3.74. The van der Waals surface area contributed by atoms with E-state index < -0.39 is 0 Å². The van der Waals surface area contributed by atoms with Gasteiger partial charge in [0.25, 0.3) is 0 Å². The summed E-state index contributed by atoms with van der Waals surface area (Å²) in [5, 5.41) is 11.0. The highest BCUT2D eigenvalue weighted by Gasteiger charge is 2.16. The van der Waals surface area contributed by atoms with E-state index in [-0.39, 0.29) is 11.2 Å². The van der Waals surface area contributed by atoms with Crippen LogP contribution in [0.4, 0.5) is 0 Å². The number of hydrogen-bond acceptors (Lipinski definition) is 1. The van der Waals surface area contributed by atoms with E-state index in [9.17, 15) is 5.11 Å². The van der Waals surface area contributed by atoms with Crippen molar-refractivity contribution in [2.45, 2.75) is 26.2 Å². The Balaban J connectivity index is 3.14. The molecule has 0 saturated heterocycles. The van der Waals surface area contributed by atoms with E-state index in [0.29, 0.717) is 4.60 Å². The lowest BCUT2D eigenvalue weighted by Gasteiger charge is -2.17. The van der Waals surface area contributed by atoms with Gasteiger partial charge in [-0.2, -0.15) is 0 Å². The molecule has 0 aromatic carbocycles. The highest BCUT2D eigenvalue weighted by Crippen LogP contribution is 2.27. The van der Waals surface area contributed by atoms with Crippen molar-refractivity contribution in [1.82, 2.24) is 4.98 Å². The van der Waals surface area contributed by atoms with Crippen molar-refractivity contribution >= 4 is 15.9 Å². The molecule has 0 bridgehead atoms. The molecule has 1 aromatic heterocycles. The highest BCUT2D eigenvalue weighted by molar-refractivity contribution is 9.10. The molecule has 1 rings (SSSR count). The lowest BCUT2D eigenvalue weighted by atomic mass is 9.92. The van der Waals surface area contributed by atoms with Crippen molar-refractivity contribution in [3.63, 3.8) is 0 Å². The molecular weight excluding hydrogens is 218 g/mol. The van der Waals surface area contributed by atoms with E-state index in [2.05, 4.69) is 41.7 Å². The van der Waals surface area contributed by atoms with Gasteiger partial charge in [0, 0.05) is 11.1 Å². The van der Waals surface area contributed by atoms with Gasteiger partial charge in [0.1, 0.15) is 0 Å². The molecule has 0 spiro atoms. The van der Waals surface area contributed by atoms with Crippen molar-refractivity contribution in [2.75, 3.05) is 0 Å². The third-order valence-corrected chi connectivity index (χ3v) is 2.15. The molecule has 0 atom stereocenters. The first kappa shape index (κ1) is 9.52. The van der Waals surface area contributed by atoms with Crippen LogP contribution in [0.2, 0.25) is 0 Å². The van der Waals surface area contributed by atoms with Crippen molar-refractivity contribution in [3.8, 4) is 5.75 Å². The number of rotatable bonds is 0. The fourth-order valence-electron chi connectivity index (χ4n) is 0.839. The van der Waals surface area contributed by atoms with Gasteiger partial charge in [-0.1, -0.05) is 20.8 Å². The van der Waals surface area contributed by atoms with E-state index in [1.54, 1.807) is 6.07 Å². The first-order chi connectivity index (χ1) is 5.41. The molecular formula is C9H11BrNO. The number of hydrogen-bond donors (Lipinski definition) is 0. The van der Waals surface area contributed by atoms with Gasteiger partial charge < -0.3 is 0 Å². The van der Waals surface area contributed by atoms with Gasteiger partial charge in [-0.3, -0.25) is 5.11 Å². The molecule has 2 nitrogen and oxygen atoms in total. The maximum atomic E-state index is 11.0. The maximum absolute atomic E-state index is 11.0. The minimum absolute atomic E-state index is 0.00375. The summed E-state index contributed by atoms with van der Waals surface area (Å²) in [6, 6.07) is 3.31. The second kappa shape index (κ2) is 3.05. The van der Waals surface area contributed by atoms with Crippen LogP contribution in [0.15, 0.2) is 16.7 Å². The standard InChI is InChI=1S/C9H11BrNO/c1-9(2,3)7-5-4-6(12)8(10)11-7/h4-5H,1-3H3. The molecule has 1 radical (unpaired) electrons. The summed E-state index contributed by atoms with van der Waals surface area (Å²) in [7, 11) is 0. The zero-order chi connectivity index (χ0) is 9.35. The molecule has 3 heteroatoms. The Morgan fingerprint density at radius 1 is 1.33 bits per heavy atom. The van der Waals surface area contributed by atoms with Crippen molar-refractivity contribution in [2.24, 2.45) is 0 Å². The zero-order valence-corrected chi connectivity index (χ0v) is 8.97. The summed E-state index contributed by atoms with van der Waals surface area (Å²) in [6.07, 6.45) is 0. The van der Waals surface area contributed by atoms with Crippen LogP contribution in [-0.4, -0.2) is 4.98 Å². The first-order valence-corrected chi connectivity index (χ1v) is 4.54. The molecule has 1 heterocycles. The minimum atomic E-state index is -0.0667. The van der Waals surface area contributed by atoms with Crippen LogP contribution < -0.4 is 0 Å².